The zero-order valence-electron chi connectivity index (χ0n) is 13.3. The molecule has 0 saturated carbocycles. The summed E-state index contributed by atoms with van der Waals surface area (Å²) >= 11 is 0. The summed E-state index contributed by atoms with van der Waals surface area (Å²) in [6, 6.07) is 6.24. The van der Waals surface area contributed by atoms with Gasteiger partial charge in [0.25, 0.3) is 0 Å². The number of rotatable bonds is 8. The first-order valence-electron chi connectivity index (χ1n) is 7.29. The Balaban J connectivity index is 3.03. The Morgan fingerprint density at radius 2 is 2.05 bits per heavy atom. The molecule has 0 aliphatic heterocycles. The van der Waals surface area contributed by atoms with Gasteiger partial charge in [-0.1, -0.05) is 19.9 Å². The van der Waals surface area contributed by atoms with Gasteiger partial charge in [-0.15, -0.1) is 0 Å². The van der Waals surface area contributed by atoms with Crippen molar-refractivity contribution in [1.29, 1.82) is 0 Å². The lowest BCUT2D eigenvalue weighted by atomic mass is 10.0. The van der Waals surface area contributed by atoms with E-state index in [0.717, 1.165) is 36.3 Å². The molecule has 0 aliphatic rings. The van der Waals surface area contributed by atoms with Crippen LogP contribution in [0.1, 0.15) is 37.8 Å². The number of hydrogen-bond acceptors (Lipinski definition) is 3. The molecule has 0 fully saturated rings. The van der Waals surface area contributed by atoms with Crippen molar-refractivity contribution in [1.82, 2.24) is 4.90 Å². The smallest absolute Gasteiger partial charge is 0.328 e. The molecule has 0 aromatic heterocycles. The van der Waals surface area contributed by atoms with Crippen LogP contribution in [0.2, 0.25) is 0 Å². The van der Waals surface area contributed by atoms with E-state index in [9.17, 15) is 4.79 Å². The highest BCUT2D eigenvalue weighted by atomic mass is 16.5. The summed E-state index contributed by atoms with van der Waals surface area (Å²) < 4.78 is 5.27. The highest BCUT2D eigenvalue weighted by Crippen LogP contribution is 2.22. The summed E-state index contributed by atoms with van der Waals surface area (Å²) in [4.78, 5) is 13.0. The summed E-state index contributed by atoms with van der Waals surface area (Å²) in [5.74, 6) is -0.152. The van der Waals surface area contributed by atoms with E-state index in [2.05, 4.69) is 25.8 Å². The van der Waals surface area contributed by atoms with Crippen LogP contribution in [0.3, 0.4) is 0 Å². The van der Waals surface area contributed by atoms with Gasteiger partial charge in [-0.05, 0) is 49.2 Å². The first-order chi connectivity index (χ1) is 10.0. The molecule has 0 unspecified atom stereocenters. The molecule has 21 heavy (non-hydrogen) atoms. The van der Waals surface area contributed by atoms with Gasteiger partial charge in [-0.3, -0.25) is 4.90 Å². The molecule has 0 bridgehead atoms. The minimum absolute atomic E-state index is 0.521. The Labute approximate surface area is 127 Å². The third-order valence-electron chi connectivity index (χ3n) is 3.74. The van der Waals surface area contributed by atoms with E-state index < -0.39 is 5.97 Å². The van der Waals surface area contributed by atoms with Crippen LogP contribution >= 0.6 is 0 Å². The van der Waals surface area contributed by atoms with Gasteiger partial charge in [0.05, 0.1) is 7.11 Å². The van der Waals surface area contributed by atoms with E-state index >= 15 is 0 Å². The van der Waals surface area contributed by atoms with Crippen LogP contribution in [0.15, 0.2) is 24.3 Å². The quantitative estimate of drug-likeness (QED) is 0.746. The Morgan fingerprint density at radius 1 is 1.38 bits per heavy atom. The fourth-order valence-electron chi connectivity index (χ4n) is 2.48. The largest absolute Gasteiger partial charge is 0.497 e. The van der Waals surface area contributed by atoms with E-state index in [0.29, 0.717) is 6.04 Å². The lowest BCUT2D eigenvalue weighted by Crippen LogP contribution is -2.30. The van der Waals surface area contributed by atoms with E-state index in [1.165, 1.54) is 6.08 Å². The molecule has 0 atom stereocenters. The maximum atomic E-state index is 10.7. The molecule has 1 rings (SSSR count). The molecule has 0 amide bonds. The van der Waals surface area contributed by atoms with Crippen molar-refractivity contribution in [3.05, 3.63) is 35.4 Å². The van der Waals surface area contributed by atoms with E-state index in [4.69, 9.17) is 9.84 Å². The average molecular weight is 291 g/mol. The molecule has 4 heteroatoms. The highest BCUT2D eigenvalue weighted by Gasteiger charge is 2.13. The Morgan fingerprint density at radius 3 is 2.57 bits per heavy atom. The van der Waals surface area contributed by atoms with Crippen LogP contribution in [0.5, 0.6) is 5.75 Å². The highest BCUT2D eigenvalue weighted by molar-refractivity contribution is 5.85. The Hall–Kier alpha value is -1.81. The van der Waals surface area contributed by atoms with Gasteiger partial charge >= 0.3 is 5.97 Å². The van der Waals surface area contributed by atoms with Gasteiger partial charge in [0, 0.05) is 18.7 Å². The first kappa shape index (κ1) is 17.2. The number of nitrogens with zero attached hydrogens (tertiary/aromatic N) is 1. The van der Waals surface area contributed by atoms with Crippen molar-refractivity contribution < 1.29 is 14.6 Å². The molecule has 0 spiro atoms. The maximum Gasteiger partial charge on any atom is 0.328 e. The standard InChI is InChI=1S/C17H25NO3/c1-5-15(6-2)18(3)12-14-11-16(21-4)9-7-13(14)8-10-17(19)20/h7-11,15H,5-6,12H2,1-4H3,(H,19,20). The summed E-state index contributed by atoms with van der Waals surface area (Å²) in [5.41, 5.74) is 1.98. The van der Waals surface area contributed by atoms with E-state index in [1.54, 1.807) is 13.2 Å². The zero-order chi connectivity index (χ0) is 15.8. The van der Waals surface area contributed by atoms with E-state index in [1.807, 2.05) is 18.2 Å². The van der Waals surface area contributed by atoms with Crippen LogP contribution in [-0.2, 0) is 11.3 Å². The van der Waals surface area contributed by atoms with Gasteiger partial charge < -0.3 is 9.84 Å². The molecule has 1 aromatic rings. The fourth-order valence-corrected chi connectivity index (χ4v) is 2.48. The van der Waals surface area contributed by atoms with Gasteiger partial charge in [-0.25, -0.2) is 4.79 Å². The number of benzene rings is 1. The molecule has 1 N–H and O–H groups in total. The predicted octanol–water partition coefficient (Wildman–Crippen LogP) is 3.41. The maximum absolute atomic E-state index is 10.7. The second-order valence-corrected chi connectivity index (χ2v) is 5.12. The Kier molecular flexibility index (Phi) is 6.96. The van der Waals surface area contributed by atoms with Crippen LogP contribution in [0.4, 0.5) is 0 Å². The molecule has 0 aliphatic carbocycles. The third kappa shape index (κ3) is 5.23. The van der Waals surface area contributed by atoms with Crippen LogP contribution < -0.4 is 4.74 Å². The second kappa shape index (κ2) is 8.47. The summed E-state index contributed by atoms with van der Waals surface area (Å²) in [6.45, 7) is 5.13. The minimum atomic E-state index is -0.940. The third-order valence-corrected chi connectivity index (χ3v) is 3.74. The number of aliphatic carboxylic acids is 1. The molecule has 4 nitrogen and oxygen atoms in total. The number of carbonyl (C=O) groups is 1. The van der Waals surface area contributed by atoms with Gasteiger partial charge in [0.1, 0.15) is 5.75 Å². The number of ether oxygens (including phenoxy) is 1. The normalized spacial score (nSPS) is 11.5. The number of hydrogen-bond donors (Lipinski definition) is 1. The lowest BCUT2D eigenvalue weighted by Gasteiger charge is -2.27. The van der Waals surface area contributed by atoms with Crippen molar-refractivity contribution in [3.8, 4) is 5.75 Å². The van der Waals surface area contributed by atoms with Gasteiger partial charge in [0.2, 0.25) is 0 Å². The van der Waals surface area contributed by atoms with Crippen LogP contribution in [-0.4, -0.2) is 36.2 Å². The fraction of sp³-hybridized carbons (Fsp3) is 0.471. The number of methoxy groups -OCH3 is 1. The van der Waals surface area contributed by atoms with Gasteiger partial charge in [0.15, 0.2) is 0 Å². The molecule has 0 heterocycles. The number of carboxylic acids is 1. The van der Waals surface area contributed by atoms with Gasteiger partial charge in [-0.2, -0.15) is 0 Å². The molecular weight excluding hydrogens is 266 g/mol. The van der Waals surface area contributed by atoms with Crippen molar-refractivity contribution in [2.45, 2.75) is 39.3 Å². The van der Waals surface area contributed by atoms with Crippen LogP contribution in [0, 0.1) is 0 Å². The summed E-state index contributed by atoms with van der Waals surface area (Å²) in [7, 11) is 3.73. The van der Waals surface area contributed by atoms with E-state index in [-0.39, 0.29) is 0 Å². The first-order valence-corrected chi connectivity index (χ1v) is 7.29. The molecule has 116 valence electrons. The van der Waals surface area contributed by atoms with Crippen molar-refractivity contribution in [2.75, 3.05) is 14.2 Å². The number of carboxylic acid groups (broad SMARTS) is 1. The Bertz CT molecular complexity index is 493. The average Bonchev–Trinajstić information content (AvgIpc) is 2.46. The monoisotopic (exact) mass is 291 g/mol. The van der Waals surface area contributed by atoms with Crippen molar-refractivity contribution in [3.63, 3.8) is 0 Å². The zero-order valence-corrected chi connectivity index (χ0v) is 13.3. The molecular formula is C17H25NO3. The summed E-state index contributed by atoms with van der Waals surface area (Å²) in [6.07, 6.45) is 4.99. The second-order valence-electron chi connectivity index (χ2n) is 5.12. The minimum Gasteiger partial charge on any atom is -0.497 e. The molecule has 1 aromatic carbocycles. The summed E-state index contributed by atoms with van der Waals surface area (Å²) in [5, 5.41) is 8.79. The molecule has 0 radical (unpaired) electrons. The lowest BCUT2D eigenvalue weighted by molar-refractivity contribution is -0.131. The predicted molar refractivity (Wildman–Crippen MR) is 85.5 cm³/mol. The topological polar surface area (TPSA) is 49.8 Å². The van der Waals surface area contributed by atoms with Crippen LogP contribution in [0.25, 0.3) is 6.08 Å². The SMILES string of the molecule is CCC(CC)N(C)Cc1cc(OC)ccc1C=CC(=O)O. The molecule has 0 saturated heterocycles. The van der Waals surface area contributed by atoms with Crippen molar-refractivity contribution in [2.24, 2.45) is 0 Å². The van der Waals surface area contributed by atoms with Crippen molar-refractivity contribution >= 4 is 12.0 Å².